The molecule has 1 saturated heterocycles. The number of aromatic nitrogens is 2. The maximum absolute atomic E-state index is 12.6. The predicted octanol–water partition coefficient (Wildman–Crippen LogP) is 3.18. The molecule has 2 N–H and O–H groups in total. The van der Waals surface area contributed by atoms with E-state index in [-0.39, 0.29) is 21.9 Å². The third kappa shape index (κ3) is 5.27. The van der Waals surface area contributed by atoms with Gasteiger partial charge >= 0.3 is 0 Å². The number of hydrogen-bond donors (Lipinski definition) is 2. The first-order valence-electron chi connectivity index (χ1n) is 9.96. The molecule has 2 aromatic carbocycles. The van der Waals surface area contributed by atoms with Crippen LogP contribution in [0.5, 0.6) is 0 Å². The maximum Gasteiger partial charge on any atom is 0.270 e. The van der Waals surface area contributed by atoms with E-state index in [1.54, 1.807) is 12.1 Å². The predicted molar refractivity (Wildman–Crippen MR) is 121 cm³/mol. The molecule has 31 heavy (non-hydrogen) atoms. The largest absolute Gasteiger partial charge is 0.372 e. The molecule has 4 rings (SSSR count). The van der Waals surface area contributed by atoms with Crippen LogP contribution in [0.25, 0.3) is 0 Å². The smallest absolute Gasteiger partial charge is 0.270 e. The van der Waals surface area contributed by atoms with Gasteiger partial charge in [-0.3, -0.25) is 10.1 Å². The zero-order chi connectivity index (χ0) is 21.8. The van der Waals surface area contributed by atoms with Gasteiger partial charge in [-0.05, 0) is 49.6 Å². The number of anilines is 2. The summed E-state index contributed by atoms with van der Waals surface area (Å²) in [7, 11) is -3.84. The molecule has 0 bridgehead atoms. The number of nitrogens with one attached hydrogen (secondary N) is 2. The van der Waals surface area contributed by atoms with Crippen molar-refractivity contribution < 1.29 is 13.2 Å². The molecule has 10 heteroatoms. The number of aryl methyl sites for hydroxylation is 1. The number of nitrogens with zero attached hydrogens (tertiary/aromatic N) is 3. The van der Waals surface area contributed by atoms with Crippen LogP contribution in [0.15, 0.2) is 52.9 Å². The number of hydrogen-bond acceptors (Lipinski definition) is 7. The lowest BCUT2D eigenvalue weighted by molar-refractivity contribution is 0.102. The molecule has 1 amide bonds. The minimum atomic E-state index is -3.84. The van der Waals surface area contributed by atoms with Gasteiger partial charge in [0.05, 0.1) is 0 Å². The number of benzene rings is 2. The first kappa shape index (κ1) is 21.4. The van der Waals surface area contributed by atoms with Crippen LogP contribution >= 0.6 is 11.3 Å². The van der Waals surface area contributed by atoms with Gasteiger partial charge in [0.25, 0.3) is 15.9 Å². The van der Waals surface area contributed by atoms with Crippen LogP contribution in [0, 0.1) is 6.92 Å². The summed E-state index contributed by atoms with van der Waals surface area (Å²) in [5.74, 6) is -0.369. The van der Waals surface area contributed by atoms with E-state index in [1.807, 2.05) is 43.3 Å². The van der Waals surface area contributed by atoms with Gasteiger partial charge < -0.3 is 4.90 Å². The monoisotopic (exact) mass is 457 g/mol. The van der Waals surface area contributed by atoms with Crippen molar-refractivity contribution in [2.24, 2.45) is 0 Å². The molecule has 0 atom stereocenters. The topological polar surface area (TPSA) is 104 Å². The van der Waals surface area contributed by atoms with Crippen molar-refractivity contribution >= 4 is 38.1 Å². The second-order valence-corrected chi connectivity index (χ2v) is 10.3. The van der Waals surface area contributed by atoms with Crippen LogP contribution in [0.1, 0.15) is 34.3 Å². The van der Waals surface area contributed by atoms with E-state index in [0.29, 0.717) is 5.56 Å². The lowest BCUT2D eigenvalue weighted by Gasteiger charge is -2.17. The zero-order valence-electron chi connectivity index (χ0n) is 17.0. The van der Waals surface area contributed by atoms with Crippen molar-refractivity contribution in [3.8, 4) is 0 Å². The van der Waals surface area contributed by atoms with Crippen LogP contribution in [0.4, 0.5) is 10.8 Å². The molecular formula is C21H23N5O3S2. The van der Waals surface area contributed by atoms with E-state index in [4.69, 9.17) is 0 Å². The molecule has 1 fully saturated rings. The normalized spacial score (nSPS) is 14.0. The van der Waals surface area contributed by atoms with E-state index < -0.39 is 10.0 Å². The van der Waals surface area contributed by atoms with Gasteiger partial charge in [0.2, 0.25) is 9.47 Å². The standard InChI is InChI=1S/C21H23N5O3S2/c1-15-4-8-17(9-5-15)19(27)23-20-24-25-21(30-20)31(28,29)22-14-16-6-10-18(11-7-16)26-12-2-3-13-26/h4-11,22H,2-3,12-14H2,1H3,(H,23,24,27). The molecular weight excluding hydrogens is 434 g/mol. The van der Waals surface area contributed by atoms with Gasteiger partial charge in [-0.1, -0.05) is 41.2 Å². The Morgan fingerprint density at radius 1 is 1.03 bits per heavy atom. The Morgan fingerprint density at radius 3 is 2.39 bits per heavy atom. The quantitative estimate of drug-likeness (QED) is 0.528. The van der Waals surface area contributed by atoms with E-state index >= 15 is 0 Å². The Kier molecular flexibility index (Phi) is 6.30. The molecule has 3 aromatic rings. The average Bonchev–Trinajstić information content (AvgIpc) is 3.46. The average molecular weight is 458 g/mol. The summed E-state index contributed by atoms with van der Waals surface area (Å²) < 4.78 is 27.5. The van der Waals surface area contributed by atoms with Crippen molar-refractivity contribution in [2.75, 3.05) is 23.3 Å². The van der Waals surface area contributed by atoms with Gasteiger partial charge in [0.1, 0.15) is 0 Å². The molecule has 1 aromatic heterocycles. The van der Waals surface area contributed by atoms with E-state index in [1.165, 1.54) is 12.8 Å². The minimum absolute atomic E-state index is 0.126. The summed E-state index contributed by atoms with van der Waals surface area (Å²) in [5.41, 5.74) is 3.50. The van der Waals surface area contributed by atoms with Crippen molar-refractivity contribution in [3.05, 3.63) is 65.2 Å². The van der Waals surface area contributed by atoms with E-state index in [9.17, 15) is 13.2 Å². The highest BCUT2D eigenvalue weighted by molar-refractivity contribution is 7.91. The van der Waals surface area contributed by atoms with Crippen molar-refractivity contribution in [2.45, 2.75) is 30.6 Å². The Labute approximate surface area is 185 Å². The number of amides is 1. The number of rotatable bonds is 7. The molecule has 162 valence electrons. The van der Waals surface area contributed by atoms with Crippen LogP contribution in [0.2, 0.25) is 0 Å². The van der Waals surface area contributed by atoms with Gasteiger partial charge in [-0.2, -0.15) is 0 Å². The van der Waals surface area contributed by atoms with Crippen LogP contribution in [-0.4, -0.2) is 37.6 Å². The number of sulfonamides is 1. The summed E-state index contributed by atoms with van der Waals surface area (Å²) in [5, 5.41) is 10.2. The Balaban J connectivity index is 1.36. The Bertz CT molecular complexity index is 1150. The van der Waals surface area contributed by atoms with Crippen LogP contribution in [0.3, 0.4) is 0 Å². The fourth-order valence-electron chi connectivity index (χ4n) is 3.28. The maximum atomic E-state index is 12.6. The number of carbonyl (C=O) groups excluding carboxylic acids is 1. The highest BCUT2D eigenvalue weighted by atomic mass is 32.2. The molecule has 1 aliphatic rings. The first-order valence-corrected chi connectivity index (χ1v) is 12.3. The van der Waals surface area contributed by atoms with E-state index in [0.717, 1.165) is 41.2 Å². The molecule has 0 radical (unpaired) electrons. The van der Waals surface area contributed by atoms with Gasteiger partial charge in [0, 0.05) is 30.9 Å². The third-order valence-electron chi connectivity index (χ3n) is 5.04. The second kappa shape index (κ2) is 9.13. The van der Waals surface area contributed by atoms with Gasteiger partial charge in [0.15, 0.2) is 0 Å². The summed E-state index contributed by atoms with van der Waals surface area (Å²) in [6.07, 6.45) is 2.41. The summed E-state index contributed by atoms with van der Waals surface area (Å²) >= 11 is 0.809. The fraction of sp³-hybridized carbons (Fsp3) is 0.286. The fourth-order valence-corrected chi connectivity index (χ4v) is 5.24. The van der Waals surface area contributed by atoms with Crippen molar-refractivity contribution in [3.63, 3.8) is 0 Å². The highest BCUT2D eigenvalue weighted by Crippen LogP contribution is 2.22. The van der Waals surface area contributed by atoms with Crippen molar-refractivity contribution in [1.82, 2.24) is 14.9 Å². The summed E-state index contributed by atoms with van der Waals surface area (Å²) in [4.78, 5) is 14.6. The molecule has 1 aliphatic heterocycles. The zero-order valence-corrected chi connectivity index (χ0v) is 18.7. The summed E-state index contributed by atoms with van der Waals surface area (Å²) in [6.45, 7) is 4.20. The first-order chi connectivity index (χ1) is 14.9. The van der Waals surface area contributed by atoms with Gasteiger partial charge in [-0.25, -0.2) is 13.1 Å². The summed E-state index contributed by atoms with van der Waals surface area (Å²) in [6, 6.07) is 14.9. The highest BCUT2D eigenvalue weighted by Gasteiger charge is 2.21. The SMILES string of the molecule is Cc1ccc(C(=O)Nc2nnc(S(=O)(=O)NCc3ccc(N4CCCC4)cc3)s2)cc1. The van der Waals surface area contributed by atoms with Crippen molar-refractivity contribution in [1.29, 1.82) is 0 Å². The van der Waals surface area contributed by atoms with E-state index in [2.05, 4.69) is 25.1 Å². The molecule has 0 saturated carbocycles. The van der Waals surface area contributed by atoms with Gasteiger partial charge in [-0.15, -0.1) is 10.2 Å². The molecule has 0 unspecified atom stereocenters. The number of carbonyl (C=O) groups is 1. The Hall–Kier alpha value is -2.82. The van der Waals surface area contributed by atoms with Crippen LogP contribution in [-0.2, 0) is 16.6 Å². The lowest BCUT2D eigenvalue weighted by atomic mass is 10.1. The second-order valence-electron chi connectivity index (χ2n) is 7.38. The van der Waals surface area contributed by atoms with Crippen LogP contribution < -0.4 is 14.9 Å². The molecule has 2 heterocycles. The molecule has 8 nitrogen and oxygen atoms in total. The lowest BCUT2D eigenvalue weighted by Crippen LogP contribution is -2.23. The molecule has 0 spiro atoms. The molecule has 0 aliphatic carbocycles. The minimum Gasteiger partial charge on any atom is -0.372 e. The third-order valence-corrected chi connectivity index (χ3v) is 7.65. The Morgan fingerprint density at radius 2 is 1.71 bits per heavy atom.